The molecule has 0 bridgehead atoms. The van der Waals surface area contributed by atoms with Crippen molar-refractivity contribution in [2.24, 2.45) is 0 Å². The molecule has 0 unspecified atom stereocenters. The van der Waals surface area contributed by atoms with Crippen LogP contribution in [0.25, 0.3) is 0 Å². The summed E-state index contributed by atoms with van der Waals surface area (Å²) in [7, 11) is 0. The van der Waals surface area contributed by atoms with Crippen LogP contribution in [0.2, 0.25) is 0 Å². The van der Waals surface area contributed by atoms with Gasteiger partial charge in [-0.1, -0.05) is 30.3 Å². The van der Waals surface area contributed by atoms with E-state index in [0.717, 1.165) is 75.8 Å². The van der Waals surface area contributed by atoms with Crippen molar-refractivity contribution in [2.45, 2.75) is 12.7 Å². The molecule has 0 saturated carbocycles. The number of rotatable bonds is 9. The third kappa shape index (κ3) is 8.34. The van der Waals surface area contributed by atoms with Crippen LogP contribution in [0.15, 0.2) is 72.8 Å². The van der Waals surface area contributed by atoms with Gasteiger partial charge in [0.15, 0.2) is 0 Å². The van der Waals surface area contributed by atoms with Crippen LogP contribution in [0.3, 0.4) is 0 Å². The van der Waals surface area contributed by atoms with Gasteiger partial charge in [-0.2, -0.15) is 13.2 Å². The zero-order valence-corrected chi connectivity index (χ0v) is 23.9. The number of nitrogens with zero attached hydrogens (tertiary/aromatic N) is 3. The number of alkyl halides is 3. The molecular formula is C32H36F3N5O3. The molecule has 2 fully saturated rings. The molecule has 3 aromatic carbocycles. The minimum Gasteiger partial charge on any atom is -0.379 e. The average molecular weight is 596 g/mol. The molecule has 2 amide bonds. The van der Waals surface area contributed by atoms with Gasteiger partial charge in [0.05, 0.1) is 24.3 Å². The van der Waals surface area contributed by atoms with E-state index in [1.54, 1.807) is 12.1 Å². The van der Waals surface area contributed by atoms with E-state index in [1.165, 1.54) is 5.56 Å². The zero-order valence-electron chi connectivity index (χ0n) is 23.9. The van der Waals surface area contributed by atoms with Gasteiger partial charge in [0.2, 0.25) is 0 Å². The van der Waals surface area contributed by atoms with Crippen LogP contribution in [0.4, 0.5) is 24.5 Å². The second-order valence-corrected chi connectivity index (χ2v) is 10.7. The Bertz CT molecular complexity index is 1370. The number of ether oxygens (including phenoxy) is 1. The zero-order chi connectivity index (χ0) is 30.2. The Morgan fingerprint density at radius 3 is 2.16 bits per heavy atom. The first-order chi connectivity index (χ1) is 20.8. The smallest absolute Gasteiger partial charge is 0.379 e. The monoisotopic (exact) mass is 595 g/mol. The Morgan fingerprint density at radius 1 is 0.791 bits per heavy atom. The van der Waals surface area contributed by atoms with E-state index in [9.17, 15) is 22.8 Å². The highest BCUT2D eigenvalue weighted by Crippen LogP contribution is 2.30. The van der Waals surface area contributed by atoms with Gasteiger partial charge in [-0.05, 0) is 48.0 Å². The molecule has 2 saturated heterocycles. The summed E-state index contributed by atoms with van der Waals surface area (Å²) in [6.07, 6.45) is -4.48. The quantitative estimate of drug-likeness (QED) is 0.384. The highest BCUT2D eigenvalue weighted by atomic mass is 19.4. The van der Waals surface area contributed by atoms with E-state index in [-0.39, 0.29) is 11.5 Å². The average Bonchev–Trinajstić information content (AvgIpc) is 3.02. The molecule has 2 heterocycles. The van der Waals surface area contributed by atoms with Crippen LogP contribution in [0.1, 0.15) is 31.8 Å². The van der Waals surface area contributed by atoms with Crippen LogP contribution < -0.4 is 15.5 Å². The van der Waals surface area contributed by atoms with Gasteiger partial charge in [-0.15, -0.1) is 0 Å². The standard InChI is InChI=1S/C32H36F3N5O3/c33-32(34,35)26-8-6-25(7-9-26)30(41)37-27-10-11-29(28(22-27)31(42)36-12-13-38-18-20-43-21-19-38)40-16-14-39(15-17-40)23-24-4-2-1-3-5-24/h1-11,22H,12-21,23H2,(H,36,42)(H,37,41). The molecule has 0 aliphatic carbocycles. The molecule has 5 rings (SSSR count). The predicted molar refractivity (Wildman–Crippen MR) is 159 cm³/mol. The first-order valence-electron chi connectivity index (χ1n) is 14.5. The number of halogens is 3. The van der Waals surface area contributed by atoms with E-state index in [1.807, 2.05) is 24.3 Å². The lowest BCUT2D eigenvalue weighted by molar-refractivity contribution is -0.137. The fraction of sp³-hybridized carbons (Fsp3) is 0.375. The van der Waals surface area contributed by atoms with E-state index in [4.69, 9.17) is 4.74 Å². The number of carbonyl (C=O) groups excluding carboxylic acids is 2. The SMILES string of the molecule is O=C(Nc1ccc(N2CCN(Cc3ccccc3)CC2)c(C(=O)NCCN2CCOCC2)c1)c1ccc(C(F)(F)F)cc1. The number of hydrogen-bond acceptors (Lipinski definition) is 6. The van der Waals surface area contributed by atoms with Crippen molar-refractivity contribution >= 4 is 23.2 Å². The van der Waals surface area contributed by atoms with Crippen LogP contribution in [0.5, 0.6) is 0 Å². The number of amides is 2. The number of carbonyl (C=O) groups is 2. The summed E-state index contributed by atoms with van der Waals surface area (Å²) < 4.78 is 44.2. The molecule has 2 N–H and O–H groups in total. The maximum atomic E-state index is 13.5. The normalized spacial score (nSPS) is 16.6. The fourth-order valence-electron chi connectivity index (χ4n) is 5.32. The molecule has 228 valence electrons. The van der Waals surface area contributed by atoms with E-state index in [0.29, 0.717) is 37.6 Å². The predicted octanol–water partition coefficient (Wildman–Crippen LogP) is 4.34. The van der Waals surface area contributed by atoms with Gasteiger partial charge < -0.3 is 20.3 Å². The van der Waals surface area contributed by atoms with Gasteiger partial charge in [0.1, 0.15) is 0 Å². The molecule has 43 heavy (non-hydrogen) atoms. The summed E-state index contributed by atoms with van der Waals surface area (Å²) in [5.74, 6) is -0.810. The third-order valence-electron chi connectivity index (χ3n) is 7.75. The Morgan fingerprint density at radius 2 is 1.49 bits per heavy atom. The number of morpholine rings is 1. The number of benzene rings is 3. The molecular weight excluding hydrogens is 559 g/mol. The first-order valence-corrected chi connectivity index (χ1v) is 14.5. The van der Waals surface area contributed by atoms with Crippen molar-refractivity contribution in [3.63, 3.8) is 0 Å². The second-order valence-electron chi connectivity index (χ2n) is 10.7. The number of hydrogen-bond donors (Lipinski definition) is 2. The number of piperazine rings is 1. The molecule has 11 heteroatoms. The van der Waals surface area contributed by atoms with Gasteiger partial charge in [-0.25, -0.2) is 0 Å². The van der Waals surface area contributed by atoms with Crippen molar-refractivity contribution in [3.05, 3.63) is 95.1 Å². The van der Waals surface area contributed by atoms with Crippen LogP contribution >= 0.6 is 0 Å². The Labute approximate surface area is 249 Å². The number of nitrogens with one attached hydrogen (secondary N) is 2. The van der Waals surface area contributed by atoms with E-state index in [2.05, 4.69) is 37.5 Å². The molecule has 2 aliphatic rings. The van der Waals surface area contributed by atoms with Crippen molar-refractivity contribution in [2.75, 3.05) is 75.8 Å². The minimum absolute atomic E-state index is 0.0862. The Hall–Kier alpha value is -3.93. The lowest BCUT2D eigenvalue weighted by Crippen LogP contribution is -2.46. The molecule has 0 atom stereocenters. The van der Waals surface area contributed by atoms with Crippen molar-refractivity contribution in [1.29, 1.82) is 0 Å². The largest absolute Gasteiger partial charge is 0.416 e. The maximum Gasteiger partial charge on any atom is 0.416 e. The highest BCUT2D eigenvalue weighted by Gasteiger charge is 2.30. The minimum atomic E-state index is -4.48. The van der Waals surface area contributed by atoms with E-state index >= 15 is 0 Å². The Kier molecular flexibility index (Phi) is 9.96. The topological polar surface area (TPSA) is 77.2 Å². The van der Waals surface area contributed by atoms with Crippen LogP contribution in [-0.2, 0) is 17.5 Å². The molecule has 3 aromatic rings. The van der Waals surface area contributed by atoms with Crippen molar-refractivity contribution in [1.82, 2.24) is 15.1 Å². The lowest BCUT2D eigenvalue weighted by Gasteiger charge is -2.37. The second kappa shape index (κ2) is 14.0. The van der Waals surface area contributed by atoms with Gasteiger partial charge in [0.25, 0.3) is 11.8 Å². The van der Waals surface area contributed by atoms with Crippen molar-refractivity contribution < 1.29 is 27.5 Å². The maximum absolute atomic E-state index is 13.5. The van der Waals surface area contributed by atoms with Gasteiger partial charge in [-0.3, -0.25) is 19.4 Å². The Balaban J connectivity index is 1.28. The summed E-state index contributed by atoms with van der Waals surface area (Å²) in [6.45, 7) is 8.15. The molecule has 2 aliphatic heterocycles. The molecule has 0 radical (unpaired) electrons. The molecule has 0 aromatic heterocycles. The van der Waals surface area contributed by atoms with Gasteiger partial charge >= 0.3 is 6.18 Å². The fourth-order valence-corrected chi connectivity index (χ4v) is 5.32. The van der Waals surface area contributed by atoms with Crippen molar-refractivity contribution in [3.8, 4) is 0 Å². The molecule has 0 spiro atoms. The van der Waals surface area contributed by atoms with Gasteiger partial charge in [0, 0.05) is 75.8 Å². The summed E-state index contributed by atoms with van der Waals surface area (Å²) in [6, 6.07) is 19.5. The summed E-state index contributed by atoms with van der Waals surface area (Å²) in [5, 5.41) is 5.76. The van der Waals surface area contributed by atoms with Crippen LogP contribution in [0, 0.1) is 0 Å². The number of anilines is 2. The molecule has 8 nitrogen and oxygen atoms in total. The third-order valence-corrected chi connectivity index (χ3v) is 7.75. The summed E-state index contributed by atoms with van der Waals surface area (Å²) in [4.78, 5) is 33.1. The highest BCUT2D eigenvalue weighted by molar-refractivity contribution is 6.06. The van der Waals surface area contributed by atoms with E-state index < -0.39 is 17.6 Å². The first kappa shape index (κ1) is 30.5. The summed E-state index contributed by atoms with van der Waals surface area (Å²) in [5.41, 5.74) is 2.11. The van der Waals surface area contributed by atoms with Crippen LogP contribution in [-0.4, -0.2) is 87.2 Å². The lowest BCUT2D eigenvalue weighted by atomic mass is 10.1. The summed E-state index contributed by atoms with van der Waals surface area (Å²) >= 11 is 0.